The van der Waals surface area contributed by atoms with Crippen LogP contribution in [0.4, 0.5) is 0 Å². The summed E-state index contributed by atoms with van der Waals surface area (Å²) in [5.41, 5.74) is 0. The highest BCUT2D eigenvalue weighted by Gasteiger charge is 1.96. The minimum Gasteiger partial charge on any atom is -0.478 e. The molecule has 0 radical (unpaired) electrons. The minimum absolute atomic E-state index is 0.381. The second-order valence-corrected chi connectivity index (χ2v) is 3.19. The summed E-state index contributed by atoms with van der Waals surface area (Å²) in [6, 6.07) is 1.08. The van der Waals surface area contributed by atoms with Gasteiger partial charge in [-0.15, -0.1) is 0 Å². The average Bonchev–Trinajstić information content (AvgIpc) is 2.01. The first-order valence-corrected chi connectivity index (χ1v) is 5.16. The molecule has 0 unspecified atom stereocenters. The van der Waals surface area contributed by atoms with Crippen molar-refractivity contribution in [3.63, 3.8) is 0 Å². The zero-order chi connectivity index (χ0) is 9.40. The summed E-state index contributed by atoms with van der Waals surface area (Å²) in [5.74, 6) is -1.73. The lowest BCUT2D eigenvalue weighted by molar-refractivity contribution is -0.138. The Morgan fingerprint density at radius 2 is 2.08 bits per heavy atom. The Kier molecular flexibility index (Phi) is 5.99. The van der Waals surface area contributed by atoms with Crippen molar-refractivity contribution < 1.29 is 19.4 Å². The van der Waals surface area contributed by atoms with Crippen LogP contribution in [0.25, 0.3) is 0 Å². The molecule has 0 aliphatic rings. The van der Waals surface area contributed by atoms with Crippen molar-refractivity contribution >= 4 is 22.2 Å². The highest BCUT2D eigenvalue weighted by atomic mass is 28.1. The molecule has 1 N–H and O–H groups in total. The van der Waals surface area contributed by atoms with Crippen LogP contribution in [0, 0.1) is 0 Å². The van der Waals surface area contributed by atoms with Crippen molar-refractivity contribution in [1.82, 2.24) is 0 Å². The van der Waals surface area contributed by atoms with E-state index in [4.69, 9.17) is 5.11 Å². The molecule has 0 heterocycles. The largest absolute Gasteiger partial charge is 0.478 e. The average molecular weight is 188 g/mol. The maximum Gasteiger partial charge on any atom is 0.331 e. The molecule has 12 heavy (non-hydrogen) atoms. The fraction of sp³-hybridized carbons (Fsp3) is 0.429. The van der Waals surface area contributed by atoms with Gasteiger partial charge in [0, 0.05) is 22.4 Å². The summed E-state index contributed by atoms with van der Waals surface area (Å²) < 4.78 is 4.67. The van der Waals surface area contributed by atoms with E-state index in [9.17, 15) is 9.59 Å². The molecular weight excluding hydrogens is 176 g/mol. The Morgan fingerprint density at radius 3 is 2.58 bits per heavy atom. The van der Waals surface area contributed by atoms with Crippen LogP contribution in [0.2, 0.25) is 6.04 Å². The van der Waals surface area contributed by atoms with Gasteiger partial charge in [-0.05, 0) is 6.42 Å². The highest BCUT2D eigenvalue weighted by molar-refractivity contribution is 6.08. The van der Waals surface area contributed by atoms with E-state index in [2.05, 4.69) is 4.74 Å². The van der Waals surface area contributed by atoms with E-state index in [0.717, 1.165) is 34.9 Å². The molecule has 68 valence electrons. The van der Waals surface area contributed by atoms with Gasteiger partial charge in [-0.1, -0.05) is 6.04 Å². The standard InChI is InChI=1S/C7H12O4Si/c8-6(9)2-3-7(10)11-4-1-5-12/h2-3H,1,4-5H2,12H3,(H,8,9)/b3-2-. The van der Waals surface area contributed by atoms with Crippen molar-refractivity contribution in [1.29, 1.82) is 0 Å². The third-order valence-corrected chi connectivity index (χ3v) is 1.81. The predicted octanol–water partition coefficient (Wildman–Crippen LogP) is -0.656. The predicted molar refractivity (Wildman–Crippen MR) is 47.1 cm³/mol. The number of hydrogen-bond acceptors (Lipinski definition) is 3. The Bertz CT molecular complexity index is 188. The maximum absolute atomic E-state index is 10.7. The number of hydrogen-bond donors (Lipinski definition) is 1. The summed E-state index contributed by atoms with van der Waals surface area (Å²) >= 11 is 0. The fourth-order valence-electron chi connectivity index (χ4n) is 0.505. The third kappa shape index (κ3) is 7.01. The molecule has 0 amide bonds. The molecule has 0 saturated heterocycles. The number of carbonyl (C=O) groups excluding carboxylic acids is 1. The van der Waals surface area contributed by atoms with E-state index < -0.39 is 11.9 Å². The lowest BCUT2D eigenvalue weighted by Gasteiger charge is -1.97. The molecule has 0 spiro atoms. The normalized spacial score (nSPS) is 10.3. The summed E-state index contributed by atoms with van der Waals surface area (Å²) in [7, 11) is 1.10. The van der Waals surface area contributed by atoms with E-state index in [1.165, 1.54) is 0 Å². The number of carbonyl (C=O) groups is 2. The summed E-state index contributed by atoms with van der Waals surface area (Å²) in [6.45, 7) is 0.381. The van der Waals surface area contributed by atoms with Gasteiger partial charge in [0.05, 0.1) is 6.61 Å². The molecule has 5 heteroatoms. The van der Waals surface area contributed by atoms with Gasteiger partial charge in [0.15, 0.2) is 0 Å². The zero-order valence-corrected chi connectivity index (χ0v) is 8.95. The van der Waals surface area contributed by atoms with E-state index in [1.54, 1.807) is 0 Å². The summed E-state index contributed by atoms with van der Waals surface area (Å²) in [6.07, 6.45) is 2.54. The zero-order valence-electron chi connectivity index (χ0n) is 6.95. The Labute approximate surface area is 73.6 Å². The maximum atomic E-state index is 10.7. The minimum atomic E-state index is -1.14. The van der Waals surface area contributed by atoms with Crippen molar-refractivity contribution in [3.05, 3.63) is 12.2 Å². The second kappa shape index (κ2) is 6.60. The fourth-order valence-corrected chi connectivity index (χ4v) is 0.793. The lowest BCUT2D eigenvalue weighted by Crippen LogP contribution is -2.03. The van der Waals surface area contributed by atoms with Crippen molar-refractivity contribution in [2.75, 3.05) is 6.61 Å². The molecule has 0 aromatic carbocycles. The highest BCUT2D eigenvalue weighted by Crippen LogP contribution is 1.88. The quantitative estimate of drug-likeness (QED) is 0.269. The van der Waals surface area contributed by atoms with Gasteiger partial charge in [-0.2, -0.15) is 0 Å². The van der Waals surface area contributed by atoms with E-state index in [1.807, 2.05) is 0 Å². The molecular formula is C7H12O4Si. The molecule has 0 rings (SSSR count). The number of aliphatic carboxylic acids is 1. The van der Waals surface area contributed by atoms with E-state index >= 15 is 0 Å². The number of carboxylic acids is 1. The van der Waals surface area contributed by atoms with Gasteiger partial charge in [-0.3, -0.25) is 0 Å². The first kappa shape index (κ1) is 10.9. The number of carboxylic acid groups (broad SMARTS) is 1. The topological polar surface area (TPSA) is 63.6 Å². The van der Waals surface area contributed by atoms with Crippen molar-refractivity contribution in [3.8, 4) is 0 Å². The van der Waals surface area contributed by atoms with E-state index in [0.29, 0.717) is 6.61 Å². The molecule has 0 saturated carbocycles. The molecule has 0 bridgehead atoms. The molecule has 0 aliphatic heterocycles. The van der Waals surface area contributed by atoms with Gasteiger partial charge in [0.1, 0.15) is 0 Å². The van der Waals surface area contributed by atoms with Crippen LogP contribution in [0.1, 0.15) is 6.42 Å². The van der Waals surface area contributed by atoms with Gasteiger partial charge in [0.25, 0.3) is 0 Å². The molecule has 0 atom stereocenters. The molecule has 4 nitrogen and oxygen atoms in total. The van der Waals surface area contributed by atoms with Gasteiger partial charge in [0.2, 0.25) is 0 Å². The van der Waals surface area contributed by atoms with Crippen LogP contribution < -0.4 is 0 Å². The summed E-state index contributed by atoms with van der Waals surface area (Å²) in [4.78, 5) is 20.6. The monoisotopic (exact) mass is 188 g/mol. The Hall–Kier alpha value is -1.10. The molecule has 0 aromatic heterocycles. The number of ether oxygens (including phenoxy) is 1. The SMILES string of the molecule is O=C(O)/C=C\C(=O)OCCC[SiH3]. The van der Waals surface area contributed by atoms with Crippen LogP contribution in [0.5, 0.6) is 0 Å². The van der Waals surface area contributed by atoms with Crippen molar-refractivity contribution in [2.24, 2.45) is 0 Å². The van der Waals surface area contributed by atoms with Gasteiger partial charge < -0.3 is 9.84 Å². The Morgan fingerprint density at radius 1 is 1.42 bits per heavy atom. The van der Waals surface area contributed by atoms with Crippen LogP contribution in [0.15, 0.2) is 12.2 Å². The molecule has 0 aliphatic carbocycles. The number of esters is 1. The van der Waals surface area contributed by atoms with E-state index in [-0.39, 0.29) is 0 Å². The van der Waals surface area contributed by atoms with Crippen LogP contribution >= 0.6 is 0 Å². The first-order chi connectivity index (χ1) is 5.66. The smallest absolute Gasteiger partial charge is 0.331 e. The van der Waals surface area contributed by atoms with Crippen LogP contribution in [-0.4, -0.2) is 33.9 Å². The van der Waals surface area contributed by atoms with Gasteiger partial charge >= 0.3 is 11.9 Å². The molecule has 0 fully saturated rings. The lowest BCUT2D eigenvalue weighted by atomic mass is 10.5. The third-order valence-electron chi connectivity index (χ3n) is 1.10. The van der Waals surface area contributed by atoms with Gasteiger partial charge in [-0.25, -0.2) is 9.59 Å². The van der Waals surface area contributed by atoms with Crippen molar-refractivity contribution in [2.45, 2.75) is 12.5 Å². The summed E-state index contributed by atoms with van der Waals surface area (Å²) in [5, 5.41) is 8.14. The number of rotatable bonds is 5. The molecule has 0 aromatic rings. The Balaban J connectivity index is 3.53. The van der Waals surface area contributed by atoms with Crippen LogP contribution in [0.3, 0.4) is 0 Å². The van der Waals surface area contributed by atoms with Crippen LogP contribution in [-0.2, 0) is 14.3 Å². The first-order valence-electron chi connectivity index (χ1n) is 3.74. The second-order valence-electron chi connectivity index (χ2n) is 2.19.